The Labute approximate surface area is 93.2 Å². The molecule has 0 aliphatic carbocycles. The summed E-state index contributed by atoms with van der Waals surface area (Å²) in [5, 5.41) is 0. The van der Waals surface area contributed by atoms with Gasteiger partial charge in [0.05, 0.1) is 6.10 Å². The molecule has 0 saturated heterocycles. The van der Waals surface area contributed by atoms with E-state index in [-0.39, 0.29) is 11.9 Å². The van der Waals surface area contributed by atoms with E-state index in [9.17, 15) is 8.78 Å². The van der Waals surface area contributed by atoms with E-state index >= 15 is 0 Å². The Morgan fingerprint density at radius 3 is 3.00 bits per heavy atom. The van der Waals surface area contributed by atoms with E-state index in [0.717, 1.165) is 18.4 Å². The number of hydrogen-bond acceptors (Lipinski definition) is 2. The van der Waals surface area contributed by atoms with Crippen molar-refractivity contribution in [1.82, 2.24) is 0 Å². The summed E-state index contributed by atoms with van der Waals surface area (Å²) in [7, 11) is 0. The summed E-state index contributed by atoms with van der Waals surface area (Å²) in [4.78, 5) is 0. The summed E-state index contributed by atoms with van der Waals surface area (Å²) in [5.41, 5.74) is 1.35. The van der Waals surface area contributed by atoms with Crippen molar-refractivity contribution in [3.05, 3.63) is 23.0 Å². The second-order valence-electron chi connectivity index (χ2n) is 4.05. The fourth-order valence-electron chi connectivity index (χ4n) is 1.93. The van der Waals surface area contributed by atoms with Gasteiger partial charge in [0.1, 0.15) is 0 Å². The summed E-state index contributed by atoms with van der Waals surface area (Å²) in [5.74, 6) is -0.269. The molecule has 16 heavy (non-hydrogen) atoms. The summed E-state index contributed by atoms with van der Waals surface area (Å²) in [6.45, 7) is 2.49. The number of alkyl halides is 1. The molecular weight excluding hydrogens is 214 g/mol. The van der Waals surface area contributed by atoms with Crippen molar-refractivity contribution in [1.29, 1.82) is 0 Å². The molecule has 1 heterocycles. The van der Waals surface area contributed by atoms with Gasteiger partial charge in [-0.2, -0.15) is 0 Å². The maximum atomic E-state index is 13.7. The second kappa shape index (κ2) is 4.28. The lowest BCUT2D eigenvalue weighted by molar-refractivity contribution is 0.148. The highest BCUT2D eigenvalue weighted by Crippen LogP contribution is 2.40. The van der Waals surface area contributed by atoms with Crippen LogP contribution in [0.2, 0.25) is 0 Å². The van der Waals surface area contributed by atoms with Crippen LogP contribution in [0.25, 0.3) is 0 Å². The van der Waals surface area contributed by atoms with Crippen molar-refractivity contribution in [2.75, 3.05) is 6.86 Å². The van der Waals surface area contributed by atoms with Crippen LogP contribution in [0.15, 0.2) is 6.07 Å². The van der Waals surface area contributed by atoms with E-state index in [2.05, 4.69) is 0 Å². The highest BCUT2D eigenvalue weighted by atomic mass is 19.1. The highest BCUT2D eigenvalue weighted by molar-refractivity contribution is 5.51. The van der Waals surface area contributed by atoms with Gasteiger partial charge in [0.2, 0.25) is 12.6 Å². The van der Waals surface area contributed by atoms with Gasteiger partial charge in [-0.3, -0.25) is 0 Å². The maximum absolute atomic E-state index is 13.7. The fourth-order valence-corrected chi connectivity index (χ4v) is 1.93. The van der Waals surface area contributed by atoms with Crippen LogP contribution in [0.1, 0.15) is 24.5 Å². The minimum absolute atomic E-state index is 0.0107. The smallest absolute Gasteiger partial charge is 0.228 e. The van der Waals surface area contributed by atoms with E-state index in [1.54, 1.807) is 13.0 Å². The van der Waals surface area contributed by atoms with Crippen LogP contribution < -0.4 is 9.47 Å². The lowest BCUT2D eigenvalue weighted by Gasteiger charge is -2.25. The van der Waals surface area contributed by atoms with Crippen LogP contribution in [-0.2, 0) is 6.42 Å². The normalized spacial score (nSPS) is 18.9. The minimum Gasteiger partial charge on any atom is -0.486 e. The predicted molar refractivity (Wildman–Crippen MR) is 56.2 cm³/mol. The molecule has 4 heteroatoms. The molecule has 1 atom stereocenters. The first-order valence-electron chi connectivity index (χ1n) is 5.31. The monoisotopic (exact) mass is 228 g/mol. The van der Waals surface area contributed by atoms with Crippen LogP contribution in [0.5, 0.6) is 11.5 Å². The summed E-state index contributed by atoms with van der Waals surface area (Å²) in [6, 6.07) is 1.74. The zero-order valence-corrected chi connectivity index (χ0v) is 9.35. The Morgan fingerprint density at radius 2 is 2.31 bits per heavy atom. The molecule has 88 valence electrons. The van der Waals surface area contributed by atoms with Gasteiger partial charge in [0.15, 0.2) is 11.6 Å². The molecular formula is C12H14F2O2. The second-order valence-corrected chi connectivity index (χ2v) is 4.05. The average molecular weight is 228 g/mol. The van der Waals surface area contributed by atoms with Crippen LogP contribution in [0.4, 0.5) is 8.78 Å². The van der Waals surface area contributed by atoms with Crippen molar-refractivity contribution < 1.29 is 18.3 Å². The molecule has 1 aliphatic heterocycles. The summed E-state index contributed by atoms with van der Waals surface area (Å²) in [6.07, 6.45) is 1.70. The molecule has 2 nitrogen and oxygen atoms in total. The van der Waals surface area contributed by atoms with Crippen LogP contribution in [0, 0.1) is 12.7 Å². The van der Waals surface area contributed by atoms with E-state index in [0.29, 0.717) is 11.3 Å². The summed E-state index contributed by atoms with van der Waals surface area (Å²) < 4.78 is 36.2. The van der Waals surface area contributed by atoms with E-state index < -0.39 is 12.7 Å². The van der Waals surface area contributed by atoms with Gasteiger partial charge in [-0.15, -0.1) is 0 Å². The first-order valence-corrected chi connectivity index (χ1v) is 5.31. The van der Waals surface area contributed by atoms with Gasteiger partial charge in [-0.1, -0.05) is 0 Å². The molecule has 0 amide bonds. The molecule has 0 N–H and O–H groups in total. The Bertz CT molecular complexity index is 404. The number of aryl methyl sites for hydroxylation is 2. The topological polar surface area (TPSA) is 18.5 Å². The van der Waals surface area contributed by atoms with Crippen LogP contribution in [0.3, 0.4) is 0 Å². The molecule has 0 saturated carbocycles. The molecule has 0 aromatic heterocycles. The quantitative estimate of drug-likeness (QED) is 0.774. The van der Waals surface area contributed by atoms with Gasteiger partial charge in [0, 0.05) is 0 Å². The number of rotatable bonds is 2. The van der Waals surface area contributed by atoms with E-state index in [4.69, 9.17) is 9.47 Å². The first-order chi connectivity index (χ1) is 7.63. The molecule has 1 aromatic carbocycles. The number of fused-ring (bicyclic) bond motifs is 1. The molecule has 1 unspecified atom stereocenters. The van der Waals surface area contributed by atoms with Crippen molar-refractivity contribution in [3.8, 4) is 11.5 Å². The maximum Gasteiger partial charge on any atom is 0.228 e. The molecule has 1 aromatic rings. The predicted octanol–water partition coefficient (Wildman–Crippen LogP) is 3.15. The lowest BCUT2D eigenvalue weighted by atomic mass is 10.00. The molecule has 0 fully saturated rings. The Morgan fingerprint density at radius 1 is 1.56 bits per heavy atom. The van der Waals surface area contributed by atoms with Gasteiger partial charge < -0.3 is 9.47 Å². The third-order valence-electron chi connectivity index (χ3n) is 2.77. The summed E-state index contributed by atoms with van der Waals surface area (Å²) >= 11 is 0. The van der Waals surface area contributed by atoms with Crippen LogP contribution in [-0.4, -0.2) is 13.0 Å². The fraction of sp³-hybridized carbons (Fsp3) is 0.500. The number of benzene rings is 1. The first kappa shape index (κ1) is 11.2. The van der Waals surface area contributed by atoms with Gasteiger partial charge in [-0.05, 0) is 43.9 Å². The lowest BCUT2D eigenvalue weighted by Crippen LogP contribution is -2.20. The molecule has 1 aliphatic rings. The Kier molecular flexibility index (Phi) is 2.99. The minimum atomic E-state index is -1.05. The largest absolute Gasteiger partial charge is 0.486 e. The standard InChI is InChI=1S/C12H14F2O2/c1-7-5-9-4-3-8(2)16-11(9)12(10(7)14)15-6-13/h5,8H,3-4,6H2,1-2H3. The highest BCUT2D eigenvalue weighted by Gasteiger charge is 2.24. The number of hydrogen-bond donors (Lipinski definition) is 0. The van der Waals surface area contributed by atoms with E-state index in [1.807, 2.05) is 6.92 Å². The molecule has 0 radical (unpaired) electrons. The van der Waals surface area contributed by atoms with Crippen molar-refractivity contribution in [2.24, 2.45) is 0 Å². The van der Waals surface area contributed by atoms with Crippen molar-refractivity contribution in [3.63, 3.8) is 0 Å². The molecule has 0 spiro atoms. The van der Waals surface area contributed by atoms with Gasteiger partial charge in [-0.25, -0.2) is 8.78 Å². The average Bonchev–Trinajstić information content (AvgIpc) is 2.26. The van der Waals surface area contributed by atoms with Crippen molar-refractivity contribution >= 4 is 0 Å². The third kappa shape index (κ3) is 1.84. The Hall–Kier alpha value is -1.32. The molecule has 0 bridgehead atoms. The number of halogens is 2. The number of ether oxygens (including phenoxy) is 2. The van der Waals surface area contributed by atoms with Crippen molar-refractivity contribution in [2.45, 2.75) is 32.8 Å². The Balaban J connectivity index is 2.51. The SMILES string of the molecule is Cc1cc2c(c(OCF)c1F)OC(C)CC2. The van der Waals surface area contributed by atoms with E-state index in [1.165, 1.54) is 0 Å². The van der Waals surface area contributed by atoms with Gasteiger partial charge in [0.25, 0.3) is 0 Å². The third-order valence-corrected chi connectivity index (χ3v) is 2.77. The molecule has 2 rings (SSSR count). The van der Waals surface area contributed by atoms with Gasteiger partial charge >= 0.3 is 0 Å². The zero-order chi connectivity index (χ0) is 11.7. The zero-order valence-electron chi connectivity index (χ0n) is 9.35. The van der Waals surface area contributed by atoms with Crippen LogP contribution >= 0.6 is 0 Å².